The van der Waals surface area contributed by atoms with Crippen LogP contribution >= 0.6 is 0 Å². The molecule has 1 aromatic carbocycles. The molecule has 38 heavy (non-hydrogen) atoms. The van der Waals surface area contributed by atoms with Crippen LogP contribution in [-0.4, -0.2) is 57.9 Å². The highest BCUT2D eigenvalue weighted by Gasteiger charge is 2.48. The molecular formula is C27H34F4N4O3. The molecule has 2 heterocycles. The number of aromatic nitrogens is 2. The number of halogens is 4. The lowest BCUT2D eigenvalue weighted by molar-refractivity contribution is -0.156. The van der Waals surface area contributed by atoms with Crippen molar-refractivity contribution in [2.75, 3.05) is 26.3 Å². The van der Waals surface area contributed by atoms with Gasteiger partial charge in [-0.15, -0.1) is 10.2 Å². The highest BCUT2D eigenvalue weighted by Crippen LogP contribution is 2.49. The number of hydrogen-bond acceptors (Lipinski definition) is 5. The number of ether oxygens (including phenoxy) is 1. The first kappa shape index (κ1) is 26.9. The first-order chi connectivity index (χ1) is 18.2. The fourth-order valence-electron chi connectivity index (χ4n) is 6.57. The lowest BCUT2D eigenvalue weighted by Gasteiger charge is -2.51. The summed E-state index contributed by atoms with van der Waals surface area (Å²) in [6, 6.07) is 3.98. The molecular weight excluding hydrogens is 504 g/mol. The summed E-state index contributed by atoms with van der Waals surface area (Å²) in [6.07, 6.45) is 3.46. The molecule has 0 spiro atoms. The third-order valence-electron chi connectivity index (χ3n) is 8.47. The second-order valence-corrected chi connectivity index (χ2v) is 10.9. The fraction of sp³-hybridized carbons (Fsp3) is 0.667. The normalized spacial score (nSPS) is 26.2. The quantitative estimate of drug-likeness (QED) is 0.419. The Balaban J connectivity index is 1.46. The Morgan fingerprint density at radius 3 is 2.66 bits per heavy atom. The van der Waals surface area contributed by atoms with Gasteiger partial charge < -0.3 is 19.0 Å². The Morgan fingerprint density at radius 1 is 1.18 bits per heavy atom. The Hall–Kier alpha value is -2.69. The molecule has 7 nitrogen and oxygen atoms in total. The van der Waals surface area contributed by atoms with Crippen LogP contribution in [0.1, 0.15) is 69.7 Å². The van der Waals surface area contributed by atoms with Gasteiger partial charge in [-0.1, -0.05) is 38.7 Å². The van der Waals surface area contributed by atoms with Crippen molar-refractivity contribution in [2.24, 2.45) is 11.8 Å². The molecule has 11 heteroatoms. The van der Waals surface area contributed by atoms with Crippen molar-refractivity contribution in [3.63, 3.8) is 0 Å². The van der Waals surface area contributed by atoms with Crippen LogP contribution in [0.2, 0.25) is 0 Å². The topological polar surface area (TPSA) is 71.7 Å². The minimum Gasteiger partial charge on any atom is -0.413 e. The summed E-state index contributed by atoms with van der Waals surface area (Å²) in [5.74, 6) is -1.46. The smallest absolute Gasteiger partial charge is 0.413 e. The van der Waals surface area contributed by atoms with E-state index in [0.29, 0.717) is 43.7 Å². The van der Waals surface area contributed by atoms with Crippen molar-refractivity contribution in [3.05, 3.63) is 35.5 Å². The van der Waals surface area contributed by atoms with E-state index in [1.807, 2.05) is 4.90 Å². The summed E-state index contributed by atoms with van der Waals surface area (Å²) >= 11 is 0. The molecule has 2 aliphatic carbocycles. The highest BCUT2D eigenvalue weighted by molar-refractivity contribution is 5.75. The second kappa shape index (κ2) is 10.8. The van der Waals surface area contributed by atoms with Gasteiger partial charge in [0.2, 0.25) is 5.89 Å². The second-order valence-electron chi connectivity index (χ2n) is 10.9. The van der Waals surface area contributed by atoms with Crippen LogP contribution in [0.4, 0.5) is 22.4 Å². The van der Waals surface area contributed by atoms with Crippen molar-refractivity contribution in [1.82, 2.24) is 20.0 Å². The number of amides is 2. The number of hydrogen-bond donors (Lipinski definition) is 0. The lowest BCUT2D eigenvalue weighted by atomic mass is 9.68. The maximum absolute atomic E-state index is 15.5. The first-order valence-electron chi connectivity index (χ1n) is 13.5. The summed E-state index contributed by atoms with van der Waals surface area (Å²) in [5, 5.41) is 6.45. The average molecular weight is 539 g/mol. The van der Waals surface area contributed by atoms with Crippen molar-refractivity contribution < 1.29 is 31.5 Å². The van der Waals surface area contributed by atoms with Gasteiger partial charge in [-0.05, 0) is 49.7 Å². The number of urea groups is 1. The third-order valence-corrected chi connectivity index (χ3v) is 8.47. The molecule has 0 N–H and O–H groups in total. The van der Waals surface area contributed by atoms with Gasteiger partial charge in [0.05, 0.1) is 19.8 Å². The maximum Gasteiger partial charge on any atom is 0.470 e. The van der Waals surface area contributed by atoms with Gasteiger partial charge >= 0.3 is 18.1 Å². The summed E-state index contributed by atoms with van der Waals surface area (Å²) in [4.78, 5) is 17.7. The van der Waals surface area contributed by atoms with Crippen LogP contribution in [-0.2, 0) is 17.5 Å². The zero-order chi connectivity index (χ0) is 26.9. The molecule has 5 rings (SSSR count). The van der Waals surface area contributed by atoms with Crippen LogP contribution in [0.3, 0.4) is 0 Å². The van der Waals surface area contributed by atoms with Crippen LogP contribution in [0, 0.1) is 17.7 Å². The molecule has 3 fully saturated rings. The van der Waals surface area contributed by atoms with E-state index in [0.717, 1.165) is 51.0 Å². The molecule has 1 aliphatic heterocycles. The maximum atomic E-state index is 15.5. The van der Waals surface area contributed by atoms with Gasteiger partial charge in [-0.25, -0.2) is 9.18 Å². The van der Waals surface area contributed by atoms with Gasteiger partial charge in [0.25, 0.3) is 0 Å². The van der Waals surface area contributed by atoms with Gasteiger partial charge in [-0.2, -0.15) is 13.2 Å². The number of morpholine rings is 1. The molecule has 2 amide bonds. The molecule has 3 aliphatic rings. The number of benzene rings is 1. The van der Waals surface area contributed by atoms with E-state index in [9.17, 15) is 18.0 Å². The molecule has 2 aromatic rings. The summed E-state index contributed by atoms with van der Waals surface area (Å²) < 4.78 is 64.3. The first-order valence-corrected chi connectivity index (χ1v) is 13.5. The van der Waals surface area contributed by atoms with Crippen molar-refractivity contribution in [2.45, 2.75) is 76.6 Å². The van der Waals surface area contributed by atoms with E-state index >= 15 is 4.39 Å². The minimum atomic E-state index is -4.78. The van der Waals surface area contributed by atoms with E-state index in [2.05, 4.69) is 17.1 Å². The standard InChI is InChI=1S/C27H34F4N4O3/c1-2-18-13-19-5-3-4-8-26(15-18,16-19)35(25(36)34-9-11-37-12-10-34)17-21-7-6-20(14-22(21)28)23-32-33-24(38-23)27(29,30)31/h6-7,14,18-19H,2-5,8-13,15-17H2,1H3. The molecule has 1 aromatic heterocycles. The zero-order valence-corrected chi connectivity index (χ0v) is 21.6. The van der Waals surface area contributed by atoms with Crippen molar-refractivity contribution in [3.8, 4) is 11.5 Å². The molecule has 3 atom stereocenters. The third kappa shape index (κ3) is 5.53. The number of carbonyl (C=O) groups excluding carboxylic acids is 1. The predicted molar refractivity (Wildman–Crippen MR) is 130 cm³/mol. The van der Waals surface area contributed by atoms with Gasteiger partial charge in [0, 0.05) is 29.8 Å². The lowest BCUT2D eigenvalue weighted by Crippen LogP contribution is -2.59. The zero-order valence-electron chi connectivity index (χ0n) is 21.6. The van der Waals surface area contributed by atoms with E-state index in [1.54, 1.807) is 4.90 Å². The largest absolute Gasteiger partial charge is 0.470 e. The van der Waals surface area contributed by atoms with Gasteiger partial charge in [0.15, 0.2) is 0 Å². The Labute approximate surface area is 219 Å². The SMILES string of the molecule is CCC1CC2CCCCC(N(Cc3ccc(-c4nnc(C(F)(F)F)o4)cc3F)C(=O)N3CCOCC3)(C1)C2. The van der Waals surface area contributed by atoms with Crippen LogP contribution in [0.25, 0.3) is 11.5 Å². The van der Waals surface area contributed by atoms with E-state index in [1.165, 1.54) is 18.6 Å². The summed E-state index contributed by atoms with van der Waals surface area (Å²) in [6.45, 7) is 4.21. The molecule has 0 radical (unpaired) electrons. The predicted octanol–water partition coefficient (Wildman–Crippen LogP) is 6.29. The Bertz CT molecular complexity index is 1130. The van der Waals surface area contributed by atoms with E-state index in [-0.39, 0.29) is 23.7 Å². The molecule has 2 saturated carbocycles. The van der Waals surface area contributed by atoms with E-state index < -0.39 is 23.8 Å². The molecule has 208 valence electrons. The number of carbonyl (C=O) groups is 1. The van der Waals surface area contributed by atoms with Crippen LogP contribution in [0.15, 0.2) is 22.6 Å². The van der Waals surface area contributed by atoms with Crippen LogP contribution in [0.5, 0.6) is 0 Å². The van der Waals surface area contributed by atoms with Gasteiger partial charge in [0.1, 0.15) is 5.82 Å². The van der Waals surface area contributed by atoms with Crippen molar-refractivity contribution in [1.29, 1.82) is 0 Å². The molecule has 2 bridgehead atoms. The fourth-order valence-corrected chi connectivity index (χ4v) is 6.57. The highest BCUT2D eigenvalue weighted by atomic mass is 19.4. The number of nitrogens with zero attached hydrogens (tertiary/aromatic N) is 4. The van der Waals surface area contributed by atoms with Crippen molar-refractivity contribution >= 4 is 6.03 Å². The van der Waals surface area contributed by atoms with Gasteiger partial charge in [-0.3, -0.25) is 0 Å². The summed E-state index contributed by atoms with van der Waals surface area (Å²) in [5.41, 5.74) is 0.00531. The number of fused-ring (bicyclic) bond motifs is 2. The number of rotatable bonds is 5. The minimum absolute atomic E-state index is 0.0525. The molecule has 3 unspecified atom stereocenters. The molecule has 1 saturated heterocycles. The Kier molecular flexibility index (Phi) is 7.66. The Morgan fingerprint density at radius 2 is 1.97 bits per heavy atom. The van der Waals surface area contributed by atoms with E-state index in [4.69, 9.17) is 9.15 Å². The summed E-state index contributed by atoms with van der Waals surface area (Å²) in [7, 11) is 0. The monoisotopic (exact) mass is 538 g/mol. The number of alkyl halides is 3. The van der Waals surface area contributed by atoms with Crippen LogP contribution < -0.4 is 0 Å². The average Bonchev–Trinajstić information content (AvgIpc) is 3.36.